The molecule has 1 aromatic carbocycles. The van der Waals surface area contributed by atoms with Crippen LogP contribution in [0.3, 0.4) is 0 Å². The number of nitrogens with two attached hydrogens (primary N) is 1. The number of nitrogens with zero attached hydrogens (tertiary/aromatic N) is 1. The van der Waals surface area contributed by atoms with E-state index in [9.17, 15) is 4.79 Å². The molecule has 3 N–H and O–H groups in total. The molecule has 1 fully saturated rings. The summed E-state index contributed by atoms with van der Waals surface area (Å²) in [6.45, 7) is 3.80. The molecule has 1 unspecified atom stereocenters. The molecule has 2 rings (SSSR count). The van der Waals surface area contributed by atoms with Crippen LogP contribution in [0.4, 0.5) is 16.2 Å². The number of anilines is 2. The first-order valence-electron chi connectivity index (χ1n) is 6.17. The maximum atomic E-state index is 12.1. The molecule has 0 radical (unpaired) electrons. The highest BCUT2D eigenvalue weighted by molar-refractivity contribution is 6.33. The molecule has 1 aromatic rings. The third kappa shape index (κ3) is 3.07. The smallest absolute Gasteiger partial charge is 0.321 e. The fourth-order valence-electron chi connectivity index (χ4n) is 2.20. The van der Waals surface area contributed by atoms with Gasteiger partial charge in [-0.3, -0.25) is 0 Å². The number of carbonyl (C=O) groups is 1. The van der Waals surface area contributed by atoms with Crippen LogP contribution >= 0.6 is 11.6 Å². The van der Waals surface area contributed by atoms with Gasteiger partial charge in [0, 0.05) is 18.8 Å². The van der Waals surface area contributed by atoms with Gasteiger partial charge in [0.2, 0.25) is 0 Å². The summed E-state index contributed by atoms with van der Waals surface area (Å²) < 4.78 is 0. The van der Waals surface area contributed by atoms with Crippen molar-refractivity contribution in [1.29, 1.82) is 0 Å². The molecule has 1 atom stereocenters. The number of hydrogen-bond donors (Lipinski definition) is 2. The quantitative estimate of drug-likeness (QED) is 0.768. The number of likely N-dealkylation sites (tertiary alicyclic amines) is 1. The van der Waals surface area contributed by atoms with E-state index in [0.29, 0.717) is 22.3 Å². The van der Waals surface area contributed by atoms with Gasteiger partial charge in [0.25, 0.3) is 0 Å². The monoisotopic (exact) mass is 267 g/mol. The molecule has 2 amide bonds. The third-order valence-corrected chi connectivity index (χ3v) is 3.54. The minimum Gasteiger partial charge on any atom is -0.397 e. The standard InChI is InChI=1S/C13H18ClN3O/c1-9-3-2-6-17(8-9)13(18)16-10-4-5-11(14)12(15)7-10/h4-5,7,9H,2-3,6,8,15H2,1H3,(H,16,18). The molecule has 98 valence electrons. The normalized spacial score (nSPS) is 19.7. The third-order valence-electron chi connectivity index (χ3n) is 3.19. The summed E-state index contributed by atoms with van der Waals surface area (Å²) in [5.74, 6) is 0.569. The van der Waals surface area contributed by atoms with E-state index in [1.807, 2.05) is 4.90 Å². The van der Waals surface area contributed by atoms with Gasteiger partial charge < -0.3 is 16.0 Å². The fraction of sp³-hybridized carbons (Fsp3) is 0.462. The predicted molar refractivity (Wildman–Crippen MR) is 74.9 cm³/mol. The van der Waals surface area contributed by atoms with Crippen molar-refractivity contribution in [2.24, 2.45) is 5.92 Å². The van der Waals surface area contributed by atoms with E-state index in [0.717, 1.165) is 19.5 Å². The molecule has 1 heterocycles. The van der Waals surface area contributed by atoms with Gasteiger partial charge in [0.1, 0.15) is 0 Å². The zero-order chi connectivity index (χ0) is 13.1. The minimum atomic E-state index is -0.0664. The number of rotatable bonds is 1. The number of carbonyl (C=O) groups excluding carboxylic acids is 1. The highest BCUT2D eigenvalue weighted by Crippen LogP contribution is 2.23. The maximum Gasteiger partial charge on any atom is 0.321 e. The Hall–Kier alpha value is -1.42. The molecule has 0 aromatic heterocycles. The summed E-state index contributed by atoms with van der Waals surface area (Å²) in [6, 6.07) is 5.05. The Morgan fingerprint density at radius 3 is 3.00 bits per heavy atom. The molecular weight excluding hydrogens is 250 g/mol. The maximum absolute atomic E-state index is 12.1. The Morgan fingerprint density at radius 1 is 1.56 bits per heavy atom. The van der Waals surface area contributed by atoms with Crippen molar-refractivity contribution in [1.82, 2.24) is 4.90 Å². The predicted octanol–water partition coefficient (Wildman–Crippen LogP) is 3.19. The van der Waals surface area contributed by atoms with Crippen molar-refractivity contribution in [2.75, 3.05) is 24.1 Å². The lowest BCUT2D eigenvalue weighted by atomic mass is 10.0. The summed E-state index contributed by atoms with van der Waals surface area (Å²) in [5.41, 5.74) is 6.85. The van der Waals surface area contributed by atoms with E-state index in [1.165, 1.54) is 6.42 Å². The van der Waals surface area contributed by atoms with Crippen molar-refractivity contribution in [3.8, 4) is 0 Å². The summed E-state index contributed by atoms with van der Waals surface area (Å²) in [5, 5.41) is 3.35. The molecule has 4 nitrogen and oxygen atoms in total. The second-order valence-corrected chi connectivity index (χ2v) is 5.27. The van der Waals surface area contributed by atoms with Crippen molar-refractivity contribution in [3.05, 3.63) is 23.2 Å². The molecule has 0 bridgehead atoms. The van der Waals surface area contributed by atoms with Crippen molar-refractivity contribution >= 4 is 29.0 Å². The van der Waals surface area contributed by atoms with Crippen LogP contribution in [0.1, 0.15) is 19.8 Å². The lowest BCUT2D eigenvalue weighted by Gasteiger charge is -2.30. The van der Waals surface area contributed by atoms with Gasteiger partial charge in [-0.25, -0.2) is 4.79 Å². The van der Waals surface area contributed by atoms with E-state index >= 15 is 0 Å². The van der Waals surface area contributed by atoms with Crippen LogP contribution in [-0.2, 0) is 0 Å². The molecule has 18 heavy (non-hydrogen) atoms. The summed E-state index contributed by atoms with van der Waals surface area (Å²) in [4.78, 5) is 13.9. The molecule has 1 aliphatic heterocycles. The van der Waals surface area contributed by atoms with Crippen LogP contribution in [0.15, 0.2) is 18.2 Å². The average molecular weight is 268 g/mol. The average Bonchev–Trinajstić information content (AvgIpc) is 2.34. The van der Waals surface area contributed by atoms with Crippen LogP contribution in [0.2, 0.25) is 5.02 Å². The van der Waals surface area contributed by atoms with E-state index in [2.05, 4.69) is 12.2 Å². The molecular formula is C13H18ClN3O. The number of amides is 2. The van der Waals surface area contributed by atoms with Crippen molar-refractivity contribution in [2.45, 2.75) is 19.8 Å². The Labute approximate surface area is 112 Å². The van der Waals surface area contributed by atoms with E-state index in [-0.39, 0.29) is 6.03 Å². The van der Waals surface area contributed by atoms with Crippen molar-refractivity contribution < 1.29 is 4.79 Å². The number of urea groups is 1. The number of nitrogen functional groups attached to an aromatic ring is 1. The largest absolute Gasteiger partial charge is 0.397 e. The SMILES string of the molecule is CC1CCCN(C(=O)Nc2ccc(Cl)c(N)c2)C1. The zero-order valence-electron chi connectivity index (χ0n) is 10.4. The molecule has 0 aliphatic carbocycles. The van der Waals surface area contributed by atoms with Crippen LogP contribution in [0, 0.1) is 5.92 Å². The Morgan fingerprint density at radius 2 is 2.33 bits per heavy atom. The zero-order valence-corrected chi connectivity index (χ0v) is 11.2. The van der Waals surface area contributed by atoms with Crippen LogP contribution in [0.25, 0.3) is 0 Å². The van der Waals surface area contributed by atoms with Gasteiger partial charge in [0.15, 0.2) is 0 Å². The highest BCUT2D eigenvalue weighted by Gasteiger charge is 2.20. The summed E-state index contributed by atoms with van der Waals surface area (Å²) >= 11 is 5.84. The number of halogens is 1. The second kappa shape index (κ2) is 5.48. The molecule has 0 spiro atoms. The molecule has 5 heteroatoms. The topological polar surface area (TPSA) is 58.4 Å². The van der Waals surface area contributed by atoms with Gasteiger partial charge in [-0.1, -0.05) is 18.5 Å². The molecule has 0 saturated carbocycles. The van der Waals surface area contributed by atoms with Gasteiger partial charge in [-0.05, 0) is 37.0 Å². The number of hydrogen-bond acceptors (Lipinski definition) is 2. The Bertz CT molecular complexity index is 450. The summed E-state index contributed by atoms with van der Waals surface area (Å²) in [6.07, 6.45) is 2.26. The van der Waals surface area contributed by atoms with Gasteiger partial charge in [-0.15, -0.1) is 0 Å². The second-order valence-electron chi connectivity index (χ2n) is 4.86. The minimum absolute atomic E-state index is 0.0664. The Balaban J connectivity index is 2.00. The van der Waals surface area contributed by atoms with E-state index in [1.54, 1.807) is 18.2 Å². The lowest BCUT2D eigenvalue weighted by molar-refractivity contribution is 0.182. The van der Waals surface area contributed by atoms with Gasteiger partial charge >= 0.3 is 6.03 Å². The van der Waals surface area contributed by atoms with Crippen molar-refractivity contribution in [3.63, 3.8) is 0 Å². The van der Waals surface area contributed by atoms with Crippen LogP contribution in [-0.4, -0.2) is 24.0 Å². The molecule has 1 aliphatic rings. The van der Waals surface area contributed by atoms with Gasteiger partial charge in [-0.2, -0.15) is 0 Å². The molecule has 1 saturated heterocycles. The van der Waals surface area contributed by atoms with Crippen LogP contribution in [0.5, 0.6) is 0 Å². The first kappa shape index (κ1) is 13.0. The number of nitrogens with one attached hydrogen (secondary N) is 1. The van der Waals surface area contributed by atoms with Gasteiger partial charge in [0.05, 0.1) is 10.7 Å². The van der Waals surface area contributed by atoms with E-state index in [4.69, 9.17) is 17.3 Å². The van der Waals surface area contributed by atoms with Crippen LogP contribution < -0.4 is 11.1 Å². The fourth-order valence-corrected chi connectivity index (χ4v) is 2.32. The highest BCUT2D eigenvalue weighted by atomic mass is 35.5. The first-order chi connectivity index (χ1) is 8.56. The number of piperidine rings is 1. The van der Waals surface area contributed by atoms with E-state index < -0.39 is 0 Å². The first-order valence-corrected chi connectivity index (χ1v) is 6.55. The lowest BCUT2D eigenvalue weighted by Crippen LogP contribution is -2.41. The summed E-state index contributed by atoms with van der Waals surface area (Å²) in [7, 11) is 0. The number of benzene rings is 1. The Kier molecular flexibility index (Phi) is 3.97.